The van der Waals surface area contributed by atoms with Crippen LogP contribution in [0.3, 0.4) is 0 Å². The van der Waals surface area contributed by atoms with Crippen molar-refractivity contribution in [3.8, 4) is 5.75 Å². The zero-order chi connectivity index (χ0) is 21.0. The second-order valence-electron chi connectivity index (χ2n) is 8.90. The van der Waals surface area contributed by atoms with E-state index in [1.165, 1.54) is 11.1 Å². The van der Waals surface area contributed by atoms with Crippen molar-refractivity contribution in [1.29, 1.82) is 0 Å². The normalized spacial score (nSPS) is 22.5. The Labute approximate surface area is 174 Å². The highest BCUT2D eigenvalue weighted by Crippen LogP contribution is 2.44. The largest absolute Gasteiger partial charge is 0.508 e. The van der Waals surface area contributed by atoms with Crippen molar-refractivity contribution in [2.75, 3.05) is 6.61 Å². The second kappa shape index (κ2) is 9.00. The van der Waals surface area contributed by atoms with Crippen molar-refractivity contribution in [3.63, 3.8) is 0 Å². The van der Waals surface area contributed by atoms with E-state index in [2.05, 4.69) is 37.2 Å². The van der Waals surface area contributed by atoms with E-state index in [1.807, 2.05) is 32.0 Å². The number of aryl methyl sites for hydroxylation is 2. The van der Waals surface area contributed by atoms with Gasteiger partial charge in [0.05, 0.1) is 5.71 Å². The van der Waals surface area contributed by atoms with Gasteiger partial charge in [-0.15, -0.1) is 0 Å². The van der Waals surface area contributed by atoms with Crippen LogP contribution in [0.15, 0.2) is 41.6 Å². The van der Waals surface area contributed by atoms with Crippen molar-refractivity contribution < 1.29 is 15.1 Å². The molecule has 1 aliphatic carbocycles. The van der Waals surface area contributed by atoms with Gasteiger partial charge in [0.25, 0.3) is 0 Å². The van der Waals surface area contributed by atoms with Gasteiger partial charge in [-0.1, -0.05) is 48.0 Å². The monoisotopic (exact) mass is 395 g/mol. The smallest absolute Gasteiger partial charge is 0.142 e. The van der Waals surface area contributed by atoms with Crippen LogP contribution in [0, 0.1) is 19.3 Å². The van der Waals surface area contributed by atoms with Gasteiger partial charge in [0.2, 0.25) is 0 Å². The van der Waals surface area contributed by atoms with Crippen LogP contribution in [0.2, 0.25) is 0 Å². The maximum Gasteiger partial charge on any atom is 0.142 e. The van der Waals surface area contributed by atoms with Crippen molar-refractivity contribution in [2.45, 2.75) is 65.9 Å². The summed E-state index contributed by atoms with van der Waals surface area (Å²) in [6, 6.07) is 12.1. The van der Waals surface area contributed by atoms with Gasteiger partial charge in [-0.25, -0.2) is 0 Å². The highest BCUT2D eigenvalue weighted by atomic mass is 16.6. The number of nitrogens with zero attached hydrogens (tertiary/aromatic N) is 1. The van der Waals surface area contributed by atoms with Gasteiger partial charge in [-0.05, 0) is 80.5 Å². The average Bonchev–Trinajstić information content (AvgIpc) is 2.72. The standard InChI is InChI=1S/C25H33NO3/c1-17-5-7-20(8-6-17)15-29-26-19(3)22-14-24(28)18(2)13-23(22)21-9-11-25(4,16-27)12-10-21/h5-8,13-14,21,27-28H,9-12,15-16H2,1-4H3. The highest BCUT2D eigenvalue weighted by Gasteiger charge is 2.32. The summed E-state index contributed by atoms with van der Waals surface area (Å²) < 4.78 is 0. The Hall–Kier alpha value is -2.33. The predicted octanol–water partition coefficient (Wildman–Crippen LogP) is 5.61. The highest BCUT2D eigenvalue weighted by molar-refractivity contribution is 6.00. The number of hydrogen-bond acceptors (Lipinski definition) is 4. The first kappa shape index (κ1) is 21.4. The Morgan fingerprint density at radius 2 is 1.79 bits per heavy atom. The van der Waals surface area contributed by atoms with Crippen molar-refractivity contribution in [2.24, 2.45) is 10.6 Å². The number of benzene rings is 2. The summed E-state index contributed by atoms with van der Waals surface area (Å²) in [4.78, 5) is 5.61. The minimum Gasteiger partial charge on any atom is -0.508 e. The van der Waals surface area contributed by atoms with Crippen LogP contribution in [0.5, 0.6) is 5.75 Å². The number of rotatable bonds is 6. The number of phenolic OH excluding ortho intramolecular Hbond substituents is 1. The number of aromatic hydroxyl groups is 1. The summed E-state index contributed by atoms with van der Waals surface area (Å²) in [5.74, 6) is 0.694. The third-order valence-corrected chi connectivity index (χ3v) is 6.33. The van der Waals surface area contributed by atoms with E-state index in [1.54, 1.807) is 0 Å². The fraction of sp³-hybridized carbons (Fsp3) is 0.480. The molecule has 2 N–H and O–H groups in total. The summed E-state index contributed by atoms with van der Waals surface area (Å²) in [5, 5.41) is 24.3. The molecule has 0 atom stereocenters. The van der Waals surface area contributed by atoms with E-state index >= 15 is 0 Å². The van der Waals surface area contributed by atoms with Gasteiger partial charge < -0.3 is 15.1 Å². The molecule has 2 aromatic rings. The van der Waals surface area contributed by atoms with Gasteiger partial charge in [0, 0.05) is 12.2 Å². The first-order valence-electron chi connectivity index (χ1n) is 10.5. The molecule has 3 rings (SSSR count). The third kappa shape index (κ3) is 5.18. The molecule has 1 saturated carbocycles. The van der Waals surface area contributed by atoms with Gasteiger partial charge in [-0.3, -0.25) is 0 Å². The van der Waals surface area contributed by atoms with E-state index in [0.717, 1.165) is 48.1 Å². The first-order valence-corrected chi connectivity index (χ1v) is 10.5. The van der Waals surface area contributed by atoms with E-state index in [-0.39, 0.29) is 17.8 Å². The molecule has 0 amide bonds. The molecule has 0 heterocycles. The SMILES string of the molecule is CC(=NOCc1ccc(C)cc1)c1cc(O)c(C)cc1C1CCC(C)(CO)CC1. The number of aliphatic hydroxyl groups is 1. The zero-order valence-electron chi connectivity index (χ0n) is 18.0. The molecule has 0 unspecified atom stereocenters. The Morgan fingerprint density at radius 3 is 2.41 bits per heavy atom. The topological polar surface area (TPSA) is 62.0 Å². The van der Waals surface area contributed by atoms with E-state index in [0.29, 0.717) is 12.5 Å². The van der Waals surface area contributed by atoms with Crippen molar-refractivity contribution in [3.05, 3.63) is 64.2 Å². The minimum absolute atomic E-state index is 0.0307. The van der Waals surface area contributed by atoms with Crippen LogP contribution in [-0.2, 0) is 11.4 Å². The minimum atomic E-state index is 0.0307. The maximum atomic E-state index is 10.3. The molecule has 0 spiro atoms. The summed E-state index contributed by atoms with van der Waals surface area (Å²) in [7, 11) is 0. The molecule has 0 aromatic heterocycles. The van der Waals surface area contributed by atoms with E-state index in [9.17, 15) is 10.2 Å². The third-order valence-electron chi connectivity index (χ3n) is 6.33. The average molecular weight is 396 g/mol. The second-order valence-corrected chi connectivity index (χ2v) is 8.90. The number of hydrogen-bond donors (Lipinski definition) is 2. The number of oxime groups is 1. The Balaban J connectivity index is 1.78. The van der Waals surface area contributed by atoms with Crippen LogP contribution >= 0.6 is 0 Å². The summed E-state index contributed by atoms with van der Waals surface area (Å²) in [6.07, 6.45) is 4.08. The number of aliphatic hydroxyl groups excluding tert-OH is 1. The molecule has 1 fully saturated rings. The fourth-order valence-corrected chi connectivity index (χ4v) is 4.09. The van der Waals surface area contributed by atoms with Crippen LogP contribution < -0.4 is 0 Å². The van der Waals surface area contributed by atoms with Gasteiger partial charge >= 0.3 is 0 Å². The summed E-state index contributed by atoms with van der Waals surface area (Å²) in [6.45, 7) is 8.76. The quantitative estimate of drug-likeness (QED) is 0.494. The number of phenols is 1. The molecule has 0 saturated heterocycles. The molecular formula is C25H33NO3. The fourth-order valence-electron chi connectivity index (χ4n) is 4.09. The lowest BCUT2D eigenvalue weighted by molar-refractivity contribution is 0.0934. The molecule has 0 bridgehead atoms. The van der Waals surface area contributed by atoms with Gasteiger partial charge in [-0.2, -0.15) is 0 Å². The Kier molecular flexibility index (Phi) is 6.63. The molecule has 1 aliphatic rings. The summed E-state index contributed by atoms with van der Waals surface area (Å²) >= 11 is 0. The zero-order valence-corrected chi connectivity index (χ0v) is 18.0. The lowest BCUT2D eigenvalue weighted by Crippen LogP contribution is -2.27. The van der Waals surface area contributed by atoms with Gasteiger partial charge in [0.15, 0.2) is 0 Å². The first-order chi connectivity index (χ1) is 13.8. The Morgan fingerprint density at radius 1 is 1.14 bits per heavy atom. The van der Waals surface area contributed by atoms with Crippen LogP contribution in [0.1, 0.15) is 73.3 Å². The molecule has 29 heavy (non-hydrogen) atoms. The molecule has 0 aliphatic heterocycles. The molecule has 0 radical (unpaired) electrons. The van der Waals surface area contributed by atoms with Crippen LogP contribution in [0.25, 0.3) is 0 Å². The molecule has 156 valence electrons. The summed E-state index contributed by atoms with van der Waals surface area (Å²) in [5.41, 5.74) is 6.16. The maximum absolute atomic E-state index is 10.3. The van der Waals surface area contributed by atoms with Crippen molar-refractivity contribution >= 4 is 5.71 Å². The molecular weight excluding hydrogens is 362 g/mol. The van der Waals surface area contributed by atoms with E-state index in [4.69, 9.17) is 4.84 Å². The lowest BCUT2D eigenvalue weighted by Gasteiger charge is -2.36. The van der Waals surface area contributed by atoms with Crippen LogP contribution in [0.4, 0.5) is 0 Å². The van der Waals surface area contributed by atoms with E-state index < -0.39 is 0 Å². The van der Waals surface area contributed by atoms with Gasteiger partial charge in [0.1, 0.15) is 12.4 Å². The van der Waals surface area contributed by atoms with Crippen molar-refractivity contribution in [1.82, 2.24) is 0 Å². The Bertz CT molecular complexity index is 862. The molecule has 2 aromatic carbocycles. The lowest BCUT2D eigenvalue weighted by atomic mass is 9.69. The predicted molar refractivity (Wildman–Crippen MR) is 117 cm³/mol. The van der Waals surface area contributed by atoms with Crippen LogP contribution in [-0.4, -0.2) is 22.5 Å². The molecule has 4 nitrogen and oxygen atoms in total. The molecule has 4 heteroatoms.